The molecule has 0 fully saturated rings. The zero-order chi connectivity index (χ0) is 83.7. The normalized spacial score (nSPS) is 13.3. The Morgan fingerprint density at radius 3 is 0.875 bits per heavy atom. The van der Waals surface area contributed by atoms with Crippen molar-refractivity contribution in [2.45, 2.75) is 139 Å². The molecule has 120 heavy (non-hydrogen) atoms. The number of fused-ring (bicyclic) bond motifs is 8. The van der Waals surface area contributed by atoms with Gasteiger partial charge in [0, 0.05) is 60.6 Å². The lowest BCUT2D eigenvalue weighted by atomic mass is 9.70. The predicted octanol–water partition coefficient (Wildman–Crippen LogP) is 23.4. The van der Waals surface area contributed by atoms with Crippen LogP contribution in [0.1, 0.15) is 151 Å². The van der Waals surface area contributed by atoms with Crippen LogP contribution in [0.2, 0.25) is 0 Å². The Balaban J connectivity index is 1.10. The quantitative estimate of drug-likeness (QED) is 0.0257. The highest BCUT2D eigenvalue weighted by Gasteiger charge is 2.45. The van der Waals surface area contributed by atoms with Crippen LogP contribution in [0.4, 0.5) is 11.4 Å². The first-order valence-electron chi connectivity index (χ1n) is 42.9. The lowest BCUT2D eigenvalue weighted by molar-refractivity contribution is 0.0161. The summed E-state index contributed by atoms with van der Waals surface area (Å²) in [5.41, 5.74) is 16.3. The third kappa shape index (κ3) is 26.0. The van der Waals surface area contributed by atoms with E-state index in [1.165, 1.54) is 70.2 Å². The molecule has 3 aliphatic rings. The molecule has 5 aromatic carbocycles. The second-order valence-electron chi connectivity index (χ2n) is 30.0. The number of benzene rings is 5. The Hall–Kier alpha value is -4.22. The molecule has 0 spiro atoms. The highest BCUT2D eigenvalue weighted by atomic mass is 79.9. The summed E-state index contributed by atoms with van der Waals surface area (Å²) >= 11 is 20.4. The van der Waals surface area contributed by atoms with Gasteiger partial charge in [-0.2, -0.15) is 17.5 Å². The van der Waals surface area contributed by atoms with Gasteiger partial charge in [0.2, 0.25) is 0 Å². The van der Waals surface area contributed by atoms with Crippen LogP contribution in [-0.4, -0.2) is 217 Å². The molecule has 0 bridgehead atoms. The molecule has 0 saturated heterocycles. The van der Waals surface area contributed by atoms with E-state index in [2.05, 4.69) is 149 Å². The monoisotopic (exact) mass is 1980 g/mol. The molecule has 28 heteroatoms. The summed E-state index contributed by atoms with van der Waals surface area (Å²) in [6.45, 7) is 8.87. The zero-order valence-corrected chi connectivity index (χ0v) is 80.1. The Morgan fingerprint density at radius 2 is 0.567 bits per heavy atom. The molecule has 0 N–H and O–H groups in total. The van der Waals surface area contributed by atoms with Crippen molar-refractivity contribution in [2.75, 3.05) is 208 Å². The number of aromatic nitrogens is 2. The van der Waals surface area contributed by atoms with Crippen molar-refractivity contribution in [2.24, 2.45) is 8.73 Å². The van der Waals surface area contributed by atoms with Crippen LogP contribution in [0.5, 0.6) is 23.0 Å². The number of hydrogen-bond donors (Lipinski definition) is 0. The van der Waals surface area contributed by atoms with Gasteiger partial charge in [-0.25, -0.2) is 0 Å². The number of alkyl halides is 4. The SMILES string of the molecule is COCCOCCOCCOc1c(-c2ccc3c(c2)C(CCCCCCBr)(CCCCCCBr)c2ccccc2-3)sc(-c2c3c(c(-c4sc(-c5ccc6c(c5)C(CCCCCCBr)(CCCCCCBr)c5ccccc5-6)c(OCCOCCOCCOC)c4OCCOCCOCCOC)c4nsnc24)N=S=N3)c1OCCOCCOCCOC. The van der Waals surface area contributed by atoms with E-state index in [-0.39, 0.29) is 63.7 Å². The number of hydrogen-bond acceptors (Lipinski definition) is 23. The molecule has 2 aliphatic carbocycles. The molecule has 11 rings (SSSR count). The Labute approximate surface area is 760 Å². The number of nitrogens with zero attached hydrogens (tertiary/aromatic N) is 4. The van der Waals surface area contributed by atoms with E-state index in [0.717, 1.165) is 189 Å². The third-order valence-corrected chi connectivity index (χ3v) is 27.9. The highest BCUT2D eigenvalue weighted by molar-refractivity contribution is 9.09. The molecule has 3 aromatic heterocycles. The molecule has 4 heterocycles. The smallest absolute Gasteiger partial charge is 0.180 e. The molecule has 0 radical (unpaired) electrons. The van der Waals surface area contributed by atoms with Crippen molar-refractivity contribution >= 4 is 132 Å². The summed E-state index contributed by atoms with van der Waals surface area (Å²) < 4.78 is 120. The number of unbranched alkanes of at least 4 members (excludes halogenated alkanes) is 12. The van der Waals surface area contributed by atoms with Gasteiger partial charge in [0.05, 0.1) is 186 Å². The molecular weight excluding hydrogens is 1860 g/mol. The molecule has 8 aromatic rings. The van der Waals surface area contributed by atoms with Crippen LogP contribution in [-0.2, 0) is 79.0 Å². The number of methoxy groups -OCH3 is 4. The fraction of sp³-hybridized carbons (Fsp3) is 0.587. The van der Waals surface area contributed by atoms with Crippen molar-refractivity contribution in [1.29, 1.82) is 0 Å². The minimum Gasteiger partial charge on any atom is -0.486 e. The highest BCUT2D eigenvalue weighted by Crippen LogP contribution is 2.65. The Morgan fingerprint density at radius 1 is 0.292 bits per heavy atom. The number of halogens is 4. The fourth-order valence-electron chi connectivity index (χ4n) is 16.4. The molecule has 0 unspecified atom stereocenters. The maximum Gasteiger partial charge on any atom is 0.180 e. The zero-order valence-electron chi connectivity index (χ0n) is 70.5. The maximum atomic E-state index is 7.28. The van der Waals surface area contributed by atoms with E-state index in [9.17, 15) is 0 Å². The van der Waals surface area contributed by atoms with Crippen molar-refractivity contribution < 1.29 is 75.8 Å². The van der Waals surface area contributed by atoms with Crippen LogP contribution >= 0.6 is 98.1 Å². The topological polar surface area (TPSA) is 198 Å². The van der Waals surface area contributed by atoms with Crippen LogP contribution in [0, 0.1) is 0 Å². The van der Waals surface area contributed by atoms with Gasteiger partial charge in [-0.15, -0.1) is 22.7 Å². The van der Waals surface area contributed by atoms with E-state index < -0.39 is 0 Å². The molecule has 20 nitrogen and oxygen atoms in total. The molecule has 1 aliphatic heterocycles. The third-order valence-electron chi connectivity index (χ3n) is 22.1. The summed E-state index contributed by atoms with van der Waals surface area (Å²) in [5, 5.41) is 4.03. The summed E-state index contributed by atoms with van der Waals surface area (Å²) in [6.07, 6.45) is 22.6. The maximum absolute atomic E-state index is 7.28. The predicted molar refractivity (Wildman–Crippen MR) is 502 cm³/mol. The van der Waals surface area contributed by atoms with Crippen LogP contribution in [0.3, 0.4) is 0 Å². The van der Waals surface area contributed by atoms with Crippen LogP contribution in [0.25, 0.3) is 75.0 Å². The van der Waals surface area contributed by atoms with Gasteiger partial charge in [0.25, 0.3) is 0 Å². The summed E-state index contributed by atoms with van der Waals surface area (Å²) in [7, 11) is 6.68. The van der Waals surface area contributed by atoms with Crippen molar-refractivity contribution in [3.05, 3.63) is 107 Å². The fourth-order valence-corrected chi connectivity index (χ4v) is 21.6. The Bertz CT molecular complexity index is 4130. The summed E-state index contributed by atoms with van der Waals surface area (Å²) in [5.74, 6) is 2.22. The van der Waals surface area contributed by atoms with Gasteiger partial charge in [-0.3, -0.25) is 0 Å². The average molecular weight is 1990 g/mol. The van der Waals surface area contributed by atoms with E-state index in [0.29, 0.717) is 151 Å². The van der Waals surface area contributed by atoms with Gasteiger partial charge >= 0.3 is 0 Å². The van der Waals surface area contributed by atoms with E-state index in [1.54, 1.807) is 51.1 Å². The largest absolute Gasteiger partial charge is 0.486 e. The van der Waals surface area contributed by atoms with Crippen LogP contribution in [0.15, 0.2) is 93.7 Å². The first kappa shape index (κ1) is 96.4. The first-order chi connectivity index (χ1) is 59.4. The molecule has 0 atom stereocenters. The molecule has 658 valence electrons. The van der Waals surface area contributed by atoms with Crippen LogP contribution < -0.4 is 18.9 Å². The molecule has 0 amide bonds. The van der Waals surface area contributed by atoms with Crippen molar-refractivity contribution in [3.8, 4) is 87.0 Å². The second-order valence-corrected chi connectivity index (χ2v) is 36.2. The van der Waals surface area contributed by atoms with E-state index >= 15 is 0 Å². The summed E-state index contributed by atoms with van der Waals surface area (Å²) in [4.78, 5) is 3.32. The molecule has 0 saturated carbocycles. The van der Waals surface area contributed by atoms with Gasteiger partial charge in [0.1, 0.15) is 48.8 Å². The lowest BCUT2D eigenvalue weighted by Gasteiger charge is -2.33. The molecular formula is C92H122Br4N4O16S4. The van der Waals surface area contributed by atoms with Crippen molar-refractivity contribution in [3.63, 3.8) is 0 Å². The lowest BCUT2D eigenvalue weighted by Crippen LogP contribution is -2.25. The number of ether oxygens (including phenoxy) is 16. The average Bonchev–Trinajstić information content (AvgIpc) is 1.56. The first-order valence-corrected chi connectivity index (χ1v) is 50.5. The second kappa shape index (κ2) is 54.1. The van der Waals surface area contributed by atoms with E-state index in [4.69, 9.17) is 93.3 Å². The van der Waals surface area contributed by atoms with Gasteiger partial charge in [-0.05, 0) is 119 Å². The van der Waals surface area contributed by atoms with E-state index in [1.807, 2.05) is 0 Å². The number of thiophene rings is 2. The minimum atomic E-state index is -0.216. The minimum absolute atomic E-state index is 0.179. The van der Waals surface area contributed by atoms with Gasteiger partial charge in [0.15, 0.2) is 23.0 Å². The standard InChI is InChI=1S/C92H122Br4N4O16S4/c1-101-41-45-105-49-53-109-57-61-113-83-85(115-63-59-111-55-51-107-47-43-103-3)89(117-87(83)67-29-31-71-69-25-13-15-27-73(69)91(75(71)65-67,33-17-5-9-21-37-93)34-18-6-10-22-38-94)77-79-81(99-119-97-79)78(82-80(77)98-120-100-82)90-86(116-64-60-112-56-52-108-48-44-104-4)84(114-62-58-110-54-50-106-46-42-102-2)88(118-90)68-30-32-72-70-26-14-16-28-74(70)92(76(72)66-68,35-19-7-11-23-39-95)36-20-8-12-24-40-96/h13-16,25-32,65-66H,5-12,17-24,33-64H2,1-4H3. The van der Waals surface area contributed by atoms with Gasteiger partial charge < -0.3 is 75.8 Å². The summed E-state index contributed by atoms with van der Waals surface area (Å²) in [6, 6.07) is 32.5. The van der Waals surface area contributed by atoms with Crippen molar-refractivity contribution in [1.82, 2.24) is 8.75 Å². The van der Waals surface area contributed by atoms with Gasteiger partial charge in [-0.1, -0.05) is 214 Å². The Kier molecular flexibility index (Phi) is 43.4. The number of rotatable bonds is 68.